The molecular formula is C25H24O3. The summed E-state index contributed by atoms with van der Waals surface area (Å²) < 4.78 is 0. The van der Waals surface area contributed by atoms with E-state index in [0.717, 1.165) is 32.1 Å². The first-order valence-corrected chi connectivity index (χ1v) is 9.81. The second-order valence-corrected chi connectivity index (χ2v) is 7.50. The molecule has 0 saturated heterocycles. The fourth-order valence-corrected chi connectivity index (χ4v) is 4.15. The summed E-state index contributed by atoms with van der Waals surface area (Å²) in [6, 6.07) is 21.8. The van der Waals surface area contributed by atoms with Crippen LogP contribution in [0, 0.1) is 0 Å². The molecule has 2 aliphatic carbocycles. The summed E-state index contributed by atoms with van der Waals surface area (Å²) in [7, 11) is 0. The minimum Gasteiger partial charge on any atom is -0.478 e. The minimum atomic E-state index is -0.879. The highest BCUT2D eigenvalue weighted by Crippen LogP contribution is 2.36. The highest BCUT2D eigenvalue weighted by molar-refractivity contribution is 5.87. The average molecular weight is 372 g/mol. The first-order valence-electron chi connectivity index (χ1n) is 9.81. The molecule has 0 bridgehead atoms. The maximum atomic E-state index is 10.2. The monoisotopic (exact) mass is 372 g/mol. The number of hydrogen-bond donors (Lipinski definition) is 2. The zero-order valence-corrected chi connectivity index (χ0v) is 15.8. The Morgan fingerprint density at radius 1 is 0.750 bits per heavy atom. The van der Waals surface area contributed by atoms with Crippen molar-refractivity contribution in [2.75, 3.05) is 0 Å². The predicted octanol–water partition coefficient (Wildman–Crippen LogP) is 4.69. The van der Waals surface area contributed by atoms with Crippen molar-refractivity contribution in [1.29, 1.82) is 0 Å². The lowest BCUT2D eigenvalue weighted by molar-refractivity contribution is 0.0697. The van der Waals surface area contributed by atoms with Gasteiger partial charge in [0.25, 0.3) is 0 Å². The number of aryl methyl sites for hydroxylation is 3. The van der Waals surface area contributed by atoms with Gasteiger partial charge in [-0.3, -0.25) is 0 Å². The Labute approximate surface area is 165 Å². The van der Waals surface area contributed by atoms with Crippen molar-refractivity contribution in [2.45, 2.75) is 38.2 Å². The van der Waals surface area contributed by atoms with E-state index in [9.17, 15) is 9.90 Å². The van der Waals surface area contributed by atoms with Crippen LogP contribution in [0.3, 0.4) is 0 Å². The van der Waals surface area contributed by atoms with Crippen LogP contribution in [0.1, 0.15) is 39.0 Å². The van der Waals surface area contributed by atoms with Gasteiger partial charge in [-0.1, -0.05) is 54.6 Å². The van der Waals surface area contributed by atoms with E-state index in [2.05, 4.69) is 36.4 Å². The van der Waals surface area contributed by atoms with Crippen LogP contribution in [0.15, 0.2) is 66.7 Å². The molecule has 28 heavy (non-hydrogen) atoms. The lowest BCUT2D eigenvalue weighted by Gasteiger charge is -2.26. The molecule has 3 heteroatoms. The van der Waals surface area contributed by atoms with Crippen molar-refractivity contribution >= 4 is 5.97 Å². The summed E-state index contributed by atoms with van der Waals surface area (Å²) in [5, 5.41) is 18.2. The quantitative estimate of drug-likeness (QED) is 0.652. The summed E-state index contributed by atoms with van der Waals surface area (Å²) in [6.07, 6.45) is 4.94. The van der Waals surface area contributed by atoms with Gasteiger partial charge in [0.1, 0.15) is 0 Å². The molecule has 0 saturated carbocycles. The number of benzene rings is 3. The fourth-order valence-electron chi connectivity index (χ4n) is 4.15. The Bertz CT molecular complexity index is 992. The van der Waals surface area contributed by atoms with E-state index < -0.39 is 5.97 Å². The highest BCUT2D eigenvalue weighted by Gasteiger charge is 2.22. The van der Waals surface area contributed by atoms with Gasteiger partial charge in [-0.15, -0.1) is 0 Å². The summed E-state index contributed by atoms with van der Waals surface area (Å²) in [5.74, 6) is -0.879. The normalized spacial score (nSPS) is 16.7. The molecule has 142 valence electrons. The molecule has 3 aromatic rings. The third-order valence-electron chi connectivity index (χ3n) is 5.62. The molecule has 0 fully saturated rings. The van der Waals surface area contributed by atoms with Crippen LogP contribution < -0.4 is 0 Å². The lowest BCUT2D eigenvalue weighted by Crippen LogP contribution is -2.19. The highest BCUT2D eigenvalue weighted by atomic mass is 16.4. The van der Waals surface area contributed by atoms with Gasteiger partial charge >= 0.3 is 5.97 Å². The molecule has 0 amide bonds. The molecule has 1 atom stereocenters. The van der Waals surface area contributed by atoms with Crippen LogP contribution in [0.2, 0.25) is 0 Å². The van der Waals surface area contributed by atoms with Crippen LogP contribution in [-0.2, 0) is 25.7 Å². The second-order valence-electron chi connectivity index (χ2n) is 7.50. The molecule has 0 aromatic heterocycles. The summed E-state index contributed by atoms with van der Waals surface area (Å²) >= 11 is 0. The van der Waals surface area contributed by atoms with E-state index >= 15 is 0 Å². The molecule has 2 N–H and O–H groups in total. The Balaban J connectivity index is 0.000000181. The molecule has 2 aliphatic rings. The van der Waals surface area contributed by atoms with E-state index in [0.29, 0.717) is 5.56 Å². The Hall–Kier alpha value is -2.91. The summed E-state index contributed by atoms with van der Waals surface area (Å²) in [4.78, 5) is 10.2. The number of fused-ring (bicyclic) bond motifs is 4. The average Bonchev–Trinajstić information content (AvgIpc) is 2.73. The third-order valence-corrected chi connectivity index (χ3v) is 5.62. The second kappa shape index (κ2) is 7.99. The van der Waals surface area contributed by atoms with E-state index in [1.807, 2.05) is 0 Å². The van der Waals surface area contributed by atoms with Gasteiger partial charge in [-0.2, -0.15) is 0 Å². The van der Waals surface area contributed by atoms with E-state index in [1.54, 1.807) is 30.3 Å². The Morgan fingerprint density at radius 3 is 2.21 bits per heavy atom. The molecule has 1 unspecified atom stereocenters. The largest absolute Gasteiger partial charge is 0.478 e. The van der Waals surface area contributed by atoms with Gasteiger partial charge in [0, 0.05) is 0 Å². The van der Waals surface area contributed by atoms with Crippen molar-refractivity contribution in [2.24, 2.45) is 0 Å². The molecule has 3 aromatic carbocycles. The standard InChI is InChI=1S/C18H18O.C7H6O2/c19-16-8-7-13-9-14-6-5-12-3-1-2-4-17(12)18(14)11-15(13)10-16;8-7(9)6-4-2-1-3-5-6/h1-4,9,11,16,19H,5-8,10H2;1-5H,(H,8,9). The SMILES string of the molecule is O=C(O)c1ccccc1.OC1CCc2cc3c(cc2C1)-c1ccccc1CC3. The van der Waals surface area contributed by atoms with Crippen LogP contribution >= 0.6 is 0 Å². The predicted molar refractivity (Wildman–Crippen MR) is 111 cm³/mol. The van der Waals surface area contributed by atoms with Gasteiger partial charge in [0.2, 0.25) is 0 Å². The molecule has 5 rings (SSSR count). The molecule has 0 spiro atoms. The van der Waals surface area contributed by atoms with Crippen molar-refractivity contribution in [1.82, 2.24) is 0 Å². The number of aliphatic hydroxyl groups is 1. The van der Waals surface area contributed by atoms with Gasteiger partial charge in [0.05, 0.1) is 11.7 Å². The zero-order chi connectivity index (χ0) is 19.5. The van der Waals surface area contributed by atoms with Gasteiger partial charge in [0.15, 0.2) is 0 Å². The van der Waals surface area contributed by atoms with Crippen molar-refractivity contribution in [3.63, 3.8) is 0 Å². The van der Waals surface area contributed by atoms with Crippen LogP contribution in [0.4, 0.5) is 0 Å². The zero-order valence-electron chi connectivity index (χ0n) is 15.8. The lowest BCUT2D eigenvalue weighted by atomic mass is 9.80. The topological polar surface area (TPSA) is 57.5 Å². The fraction of sp³-hybridized carbons (Fsp3) is 0.240. The third kappa shape index (κ3) is 3.85. The van der Waals surface area contributed by atoms with E-state index in [4.69, 9.17) is 5.11 Å². The molecular weight excluding hydrogens is 348 g/mol. The summed E-state index contributed by atoms with van der Waals surface area (Å²) in [5.41, 5.74) is 8.90. The molecule has 3 nitrogen and oxygen atoms in total. The van der Waals surface area contributed by atoms with Crippen molar-refractivity contribution < 1.29 is 15.0 Å². The van der Waals surface area contributed by atoms with Crippen LogP contribution in [0.25, 0.3) is 11.1 Å². The van der Waals surface area contributed by atoms with Gasteiger partial charge in [-0.25, -0.2) is 4.79 Å². The number of aromatic carboxylic acids is 1. The summed E-state index contributed by atoms with van der Waals surface area (Å²) in [6.45, 7) is 0. The van der Waals surface area contributed by atoms with E-state index in [-0.39, 0.29) is 6.10 Å². The Morgan fingerprint density at radius 2 is 1.46 bits per heavy atom. The number of carboxylic acids is 1. The maximum Gasteiger partial charge on any atom is 0.335 e. The van der Waals surface area contributed by atoms with Crippen LogP contribution in [-0.4, -0.2) is 22.3 Å². The number of carboxylic acid groups (broad SMARTS) is 1. The van der Waals surface area contributed by atoms with Crippen molar-refractivity contribution in [3.05, 3.63) is 94.5 Å². The van der Waals surface area contributed by atoms with Crippen LogP contribution in [0.5, 0.6) is 0 Å². The number of carbonyl (C=O) groups is 1. The maximum absolute atomic E-state index is 10.2. The van der Waals surface area contributed by atoms with Gasteiger partial charge in [-0.05, 0) is 77.6 Å². The Kier molecular flexibility index (Phi) is 5.27. The molecule has 0 radical (unpaired) electrons. The first kappa shape index (κ1) is 18.5. The molecule has 0 heterocycles. The van der Waals surface area contributed by atoms with E-state index in [1.165, 1.54) is 33.4 Å². The van der Waals surface area contributed by atoms with Crippen molar-refractivity contribution in [3.8, 4) is 11.1 Å². The number of hydrogen-bond acceptors (Lipinski definition) is 2. The molecule has 0 aliphatic heterocycles. The number of rotatable bonds is 1. The first-order chi connectivity index (χ1) is 13.6. The smallest absolute Gasteiger partial charge is 0.335 e. The van der Waals surface area contributed by atoms with Gasteiger partial charge < -0.3 is 10.2 Å². The number of aliphatic hydroxyl groups excluding tert-OH is 1. The minimum absolute atomic E-state index is 0.149.